The normalized spacial score (nSPS) is 13.6. The molecular weight excluding hydrogens is 266 g/mol. The quantitative estimate of drug-likeness (QED) is 0.688. The molecule has 0 bridgehead atoms. The second-order valence-electron chi connectivity index (χ2n) is 3.84. The van der Waals surface area contributed by atoms with Gasteiger partial charge in [0.05, 0.1) is 11.8 Å². The molecule has 0 aliphatic carbocycles. The summed E-state index contributed by atoms with van der Waals surface area (Å²) in [6, 6.07) is 1.13. The zero-order valence-electron chi connectivity index (χ0n) is 9.65. The number of rotatable bonds is 5. The maximum Gasteiger partial charge on any atom is 0.243 e. The Morgan fingerprint density at radius 3 is 2.56 bits per heavy atom. The lowest BCUT2D eigenvalue weighted by Gasteiger charge is -2.09. The molecule has 1 aromatic rings. The van der Waals surface area contributed by atoms with Crippen LogP contribution >= 0.6 is 0 Å². The average molecular weight is 280 g/mol. The lowest BCUT2D eigenvalue weighted by atomic mass is 10.3. The highest BCUT2D eigenvalue weighted by molar-refractivity contribution is 7.89. The number of hydrogen-bond donors (Lipinski definition) is 3. The third kappa shape index (κ3) is 3.62. The Morgan fingerprint density at radius 1 is 1.39 bits per heavy atom. The molecule has 0 fully saturated rings. The standard InChI is InChI=1S/C10H14F2N2O3S/c1-6(15)2-3-14-18(16,17)10-5-9(13)7(11)4-8(10)12/h4-6,14-15H,2-3,13H2,1H3. The Labute approximate surface area is 104 Å². The van der Waals surface area contributed by atoms with Crippen molar-refractivity contribution in [3.8, 4) is 0 Å². The highest BCUT2D eigenvalue weighted by atomic mass is 32.2. The lowest BCUT2D eigenvalue weighted by Crippen LogP contribution is -2.27. The number of nitrogens with one attached hydrogen (secondary N) is 1. The van der Waals surface area contributed by atoms with E-state index < -0.39 is 38.3 Å². The molecule has 0 aliphatic heterocycles. The summed E-state index contributed by atoms with van der Waals surface area (Å²) in [5.41, 5.74) is 4.74. The van der Waals surface area contributed by atoms with Crippen LogP contribution in [-0.2, 0) is 10.0 Å². The number of nitrogens with two attached hydrogens (primary N) is 1. The molecule has 0 saturated heterocycles. The number of hydrogen-bond acceptors (Lipinski definition) is 4. The van der Waals surface area contributed by atoms with Crippen LogP contribution in [0.25, 0.3) is 0 Å². The van der Waals surface area contributed by atoms with Gasteiger partial charge in [-0.05, 0) is 19.4 Å². The van der Waals surface area contributed by atoms with Crippen molar-refractivity contribution in [2.45, 2.75) is 24.3 Å². The number of halogens is 2. The molecule has 1 rings (SSSR count). The molecule has 0 heterocycles. The van der Waals surface area contributed by atoms with Crippen molar-refractivity contribution < 1.29 is 22.3 Å². The minimum Gasteiger partial charge on any atom is -0.396 e. The van der Waals surface area contributed by atoms with Gasteiger partial charge in [0.2, 0.25) is 10.0 Å². The molecular formula is C10H14F2N2O3S. The van der Waals surface area contributed by atoms with Crippen molar-refractivity contribution in [3.63, 3.8) is 0 Å². The van der Waals surface area contributed by atoms with Crippen LogP contribution in [0.5, 0.6) is 0 Å². The predicted molar refractivity (Wildman–Crippen MR) is 62.3 cm³/mol. The summed E-state index contributed by atoms with van der Waals surface area (Å²) < 4.78 is 51.7. The number of benzene rings is 1. The van der Waals surface area contributed by atoms with E-state index in [2.05, 4.69) is 4.72 Å². The van der Waals surface area contributed by atoms with Gasteiger partial charge in [-0.3, -0.25) is 0 Å². The van der Waals surface area contributed by atoms with Crippen LogP contribution in [0.15, 0.2) is 17.0 Å². The summed E-state index contributed by atoms with van der Waals surface area (Å²) in [6.07, 6.45) is -0.506. The summed E-state index contributed by atoms with van der Waals surface area (Å²) in [7, 11) is -4.11. The molecule has 1 aromatic carbocycles. The maximum absolute atomic E-state index is 13.3. The molecule has 18 heavy (non-hydrogen) atoms. The van der Waals surface area contributed by atoms with E-state index in [0.29, 0.717) is 6.07 Å². The van der Waals surface area contributed by atoms with E-state index in [1.807, 2.05) is 0 Å². The number of aliphatic hydroxyl groups excluding tert-OH is 1. The molecule has 1 unspecified atom stereocenters. The fourth-order valence-electron chi connectivity index (χ4n) is 1.23. The second kappa shape index (κ2) is 5.59. The molecule has 5 nitrogen and oxygen atoms in total. The number of aliphatic hydroxyl groups is 1. The van der Waals surface area contributed by atoms with Crippen LogP contribution in [0.1, 0.15) is 13.3 Å². The largest absolute Gasteiger partial charge is 0.396 e. The van der Waals surface area contributed by atoms with E-state index in [4.69, 9.17) is 10.8 Å². The summed E-state index contributed by atoms with van der Waals surface area (Å²) >= 11 is 0. The van der Waals surface area contributed by atoms with Gasteiger partial charge in [-0.15, -0.1) is 0 Å². The zero-order valence-corrected chi connectivity index (χ0v) is 10.5. The second-order valence-corrected chi connectivity index (χ2v) is 5.57. The fourth-order valence-corrected chi connectivity index (χ4v) is 2.37. The van der Waals surface area contributed by atoms with Gasteiger partial charge < -0.3 is 10.8 Å². The Balaban J connectivity index is 2.95. The van der Waals surface area contributed by atoms with Gasteiger partial charge in [0.15, 0.2) is 0 Å². The molecule has 0 aliphatic rings. The monoisotopic (exact) mass is 280 g/mol. The van der Waals surface area contributed by atoms with Crippen molar-refractivity contribution >= 4 is 15.7 Å². The van der Waals surface area contributed by atoms with Crippen LogP contribution < -0.4 is 10.5 Å². The molecule has 0 spiro atoms. The average Bonchev–Trinajstić information content (AvgIpc) is 2.22. The van der Waals surface area contributed by atoms with E-state index >= 15 is 0 Å². The highest BCUT2D eigenvalue weighted by Crippen LogP contribution is 2.20. The smallest absolute Gasteiger partial charge is 0.243 e. The Kier molecular flexibility index (Phi) is 4.60. The third-order valence-electron chi connectivity index (χ3n) is 2.19. The van der Waals surface area contributed by atoms with Gasteiger partial charge >= 0.3 is 0 Å². The minimum absolute atomic E-state index is 0.0588. The van der Waals surface area contributed by atoms with Gasteiger partial charge in [-0.2, -0.15) is 0 Å². The number of anilines is 1. The van der Waals surface area contributed by atoms with Gasteiger partial charge in [0.1, 0.15) is 16.5 Å². The molecule has 4 N–H and O–H groups in total. The number of nitrogen functional groups attached to an aromatic ring is 1. The van der Waals surface area contributed by atoms with E-state index in [0.717, 1.165) is 6.07 Å². The topological polar surface area (TPSA) is 92.4 Å². The van der Waals surface area contributed by atoms with Crippen molar-refractivity contribution in [2.24, 2.45) is 0 Å². The first-order valence-electron chi connectivity index (χ1n) is 5.16. The van der Waals surface area contributed by atoms with Crippen LogP contribution in [0.4, 0.5) is 14.5 Å². The third-order valence-corrected chi connectivity index (χ3v) is 3.67. The minimum atomic E-state index is -4.11. The molecule has 0 saturated carbocycles. The highest BCUT2D eigenvalue weighted by Gasteiger charge is 2.20. The molecule has 8 heteroatoms. The zero-order chi connectivity index (χ0) is 13.9. The van der Waals surface area contributed by atoms with Gasteiger partial charge in [-0.25, -0.2) is 21.9 Å². The summed E-state index contributed by atoms with van der Waals surface area (Å²) in [4.78, 5) is -0.716. The summed E-state index contributed by atoms with van der Waals surface area (Å²) in [5.74, 6) is -2.23. The van der Waals surface area contributed by atoms with Crippen LogP contribution in [0.2, 0.25) is 0 Å². The SMILES string of the molecule is CC(O)CCNS(=O)(=O)c1cc(N)c(F)cc1F. The van der Waals surface area contributed by atoms with Crippen LogP contribution in [0.3, 0.4) is 0 Å². The van der Waals surface area contributed by atoms with Crippen molar-refractivity contribution in [1.82, 2.24) is 4.72 Å². The molecule has 1 atom stereocenters. The lowest BCUT2D eigenvalue weighted by molar-refractivity contribution is 0.186. The predicted octanol–water partition coefficient (Wildman–Crippen LogP) is 0.596. The van der Waals surface area contributed by atoms with Gasteiger partial charge in [-0.1, -0.05) is 0 Å². The van der Waals surface area contributed by atoms with Crippen LogP contribution in [-0.4, -0.2) is 26.2 Å². The van der Waals surface area contributed by atoms with Crippen molar-refractivity contribution in [1.29, 1.82) is 0 Å². The van der Waals surface area contributed by atoms with E-state index in [1.165, 1.54) is 6.92 Å². The van der Waals surface area contributed by atoms with E-state index in [1.54, 1.807) is 0 Å². The molecule has 0 amide bonds. The van der Waals surface area contributed by atoms with Crippen molar-refractivity contribution in [3.05, 3.63) is 23.8 Å². The van der Waals surface area contributed by atoms with E-state index in [-0.39, 0.29) is 13.0 Å². The van der Waals surface area contributed by atoms with Crippen LogP contribution in [0, 0.1) is 11.6 Å². The van der Waals surface area contributed by atoms with Crippen molar-refractivity contribution in [2.75, 3.05) is 12.3 Å². The first-order chi connectivity index (χ1) is 8.24. The molecule has 102 valence electrons. The van der Waals surface area contributed by atoms with E-state index in [9.17, 15) is 17.2 Å². The summed E-state index contributed by atoms with van der Waals surface area (Å²) in [6.45, 7) is 1.43. The Hall–Kier alpha value is -1.25. The van der Waals surface area contributed by atoms with Gasteiger partial charge in [0.25, 0.3) is 0 Å². The molecule has 0 aromatic heterocycles. The fraction of sp³-hybridized carbons (Fsp3) is 0.400. The Bertz CT molecular complexity index is 532. The number of sulfonamides is 1. The molecule has 0 radical (unpaired) electrons. The summed E-state index contributed by atoms with van der Waals surface area (Å²) in [5, 5.41) is 8.98. The maximum atomic E-state index is 13.3. The first kappa shape index (κ1) is 14.8. The first-order valence-corrected chi connectivity index (χ1v) is 6.64. The Morgan fingerprint density at radius 2 is 2.00 bits per heavy atom. The van der Waals surface area contributed by atoms with Gasteiger partial charge in [0, 0.05) is 12.6 Å².